The first-order valence-electron chi connectivity index (χ1n) is 8.65. The van der Waals surface area contributed by atoms with Crippen LogP contribution in [0.15, 0.2) is 37.4 Å². The molecule has 0 aliphatic rings. The Kier molecular flexibility index (Phi) is 9.80. The van der Waals surface area contributed by atoms with E-state index in [2.05, 4.69) is 18.5 Å². The van der Waals surface area contributed by atoms with Crippen LogP contribution in [0, 0.1) is 0 Å². The number of carbonyl (C=O) groups is 3. The molecule has 9 heteroatoms. The van der Waals surface area contributed by atoms with Crippen LogP contribution in [-0.2, 0) is 14.3 Å². The summed E-state index contributed by atoms with van der Waals surface area (Å²) in [6, 6.07) is 2.90. The Hall–Kier alpha value is -3.49. The SMILES string of the molecule is C=CCN(CC=C)C(=O)COC(=O)CNC(=O)c1cc(OC)c(OC)c(OC)c1. The average molecular weight is 406 g/mol. The molecule has 0 unspecified atom stereocenters. The van der Waals surface area contributed by atoms with Crippen molar-refractivity contribution in [2.24, 2.45) is 0 Å². The second kappa shape index (κ2) is 12.1. The summed E-state index contributed by atoms with van der Waals surface area (Å²) in [7, 11) is 4.30. The molecule has 2 amide bonds. The fourth-order valence-corrected chi connectivity index (χ4v) is 2.34. The maximum atomic E-state index is 12.3. The lowest BCUT2D eigenvalue weighted by Gasteiger charge is -2.19. The zero-order valence-electron chi connectivity index (χ0n) is 16.9. The number of esters is 1. The molecule has 1 aromatic rings. The first kappa shape index (κ1) is 23.5. The molecule has 0 saturated heterocycles. The van der Waals surface area contributed by atoms with Crippen LogP contribution in [0.4, 0.5) is 0 Å². The summed E-state index contributed by atoms with van der Waals surface area (Å²) in [5, 5.41) is 2.42. The third-order valence-corrected chi connectivity index (χ3v) is 3.73. The van der Waals surface area contributed by atoms with Crippen molar-refractivity contribution >= 4 is 17.8 Å². The van der Waals surface area contributed by atoms with Gasteiger partial charge >= 0.3 is 5.97 Å². The van der Waals surface area contributed by atoms with Gasteiger partial charge in [0.25, 0.3) is 11.8 Å². The minimum Gasteiger partial charge on any atom is -0.493 e. The summed E-state index contributed by atoms with van der Waals surface area (Å²) in [6.45, 7) is 6.89. The summed E-state index contributed by atoms with van der Waals surface area (Å²) in [4.78, 5) is 37.6. The van der Waals surface area contributed by atoms with Crippen LogP contribution in [0.5, 0.6) is 17.2 Å². The van der Waals surface area contributed by atoms with Crippen molar-refractivity contribution in [3.05, 3.63) is 43.0 Å². The predicted octanol–water partition coefficient (Wildman–Crippen LogP) is 1.19. The molecular formula is C20H26N2O7. The molecule has 1 rings (SSSR count). The number of methoxy groups -OCH3 is 3. The van der Waals surface area contributed by atoms with Crippen molar-refractivity contribution in [2.45, 2.75) is 0 Å². The van der Waals surface area contributed by atoms with Crippen LogP contribution in [0.3, 0.4) is 0 Å². The van der Waals surface area contributed by atoms with Crippen molar-refractivity contribution < 1.29 is 33.3 Å². The van der Waals surface area contributed by atoms with Gasteiger partial charge in [-0.3, -0.25) is 14.4 Å². The Bertz CT molecular complexity index is 726. The fourth-order valence-electron chi connectivity index (χ4n) is 2.34. The standard InChI is InChI=1S/C20H26N2O7/c1-6-8-22(9-7-2)17(23)13-29-18(24)12-21-20(25)14-10-15(26-3)19(28-5)16(11-14)27-4/h6-7,10-11H,1-2,8-9,12-13H2,3-5H3,(H,21,25). The highest BCUT2D eigenvalue weighted by Crippen LogP contribution is 2.38. The largest absolute Gasteiger partial charge is 0.493 e. The summed E-state index contributed by atoms with van der Waals surface area (Å²) < 4.78 is 20.5. The summed E-state index contributed by atoms with van der Waals surface area (Å²) in [5.74, 6) is -0.754. The van der Waals surface area contributed by atoms with Crippen LogP contribution in [-0.4, -0.2) is 70.3 Å². The van der Waals surface area contributed by atoms with Gasteiger partial charge in [-0.15, -0.1) is 13.2 Å². The van der Waals surface area contributed by atoms with Gasteiger partial charge in [0.2, 0.25) is 5.75 Å². The van der Waals surface area contributed by atoms with E-state index in [0.717, 1.165) is 0 Å². The zero-order valence-corrected chi connectivity index (χ0v) is 16.9. The molecule has 0 saturated carbocycles. The van der Waals surface area contributed by atoms with Crippen molar-refractivity contribution in [1.29, 1.82) is 0 Å². The van der Waals surface area contributed by atoms with E-state index in [0.29, 0.717) is 30.3 Å². The van der Waals surface area contributed by atoms with Gasteiger partial charge in [0.15, 0.2) is 18.1 Å². The zero-order chi connectivity index (χ0) is 21.8. The van der Waals surface area contributed by atoms with Gasteiger partial charge in [-0.2, -0.15) is 0 Å². The molecule has 0 radical (unpaired) electrons. The van der Waals surface area contributed by atoms with Gasteiger partial charge in [-0.25, -0.2) is 0 Å². The van der Waals surface area contributed by atoms with Gasteiger partial charge in [0, 0.05) is 18.7 Å². The van der Waals surface area contributed by atoms with E-state index >= 15 is 0 Å². The molecule has 0 heterocycles. The minimum atomic E-state index is -0.753. The molecule has 0 aromatic heterocycles. The number of nitrogens with zero attached hydrogens (tertiary/aromatic N) is 1. The van der Waals surface area contributed by atoms with E-state index in [1.807, 2.05) is 0 Å². The number of carbonyl (C=O) groups excluding carboxylic acids is 3. The molecule has 0 fully saturated rings. The Morgan fingerprint density at radius 3 is 2.00 bits per heavy atom. The first-order chi connectivity index (χ1) is 13.9. The van der Waals surface area contributed by atoms with E-state index in [4.69, 9.17) is 18.9 Å². The number of amides is 2. The molecular weight excluding hydrogens is 380 g/mol. The molecule has 0 bridgehead atoms. The summed E-state index contributed by atoms with van der Waals surface area (Å²) >= 11 is 0. The number of hydrogen-bond donors (Lipinski definition) is 1. The monoisotopic (exact) mass is 406 g/mol. The maximum Gasteiger partial charge on any atom is 0.325 e. The number of rotatable bonds is 12. The van der Waals surface area contributed by atoms with E-state index in [1.165, 1.54) is 38.4 Å². The smallest absolute Gasteiger partial charge is 0.325 e. The summed E-state index contributed by atoms with van der Waals surface area (Å²) in [6.07, 6.45) is 3.11. The normalized spacial score (nSPS) is 9.76. The highest BCUT2D eigenvalue weighted by molar-refractivity contribution is 5.97. The van der Waals surface area contributed by atoms with Crippen LogP contribution >= 0.6 is 0 Å². The van der Waals surface area contributed by atoms with Crippen molar-refractivity contribution in [2.75, 3.05) is 47.6 Å². The topological polar surface area (TPSA) is 103 Å². The Morgan fingerprint density at radius 1 is 1.00 bits per heavy atom. The second-order valence-electron chi connectivity index (χ2n) is 5.63. The van der Waals surface area contributed by atoms with Crippen LogP contribution in [0.1, 0.15) is 10.4 Å². The predicted molar refractivity (Wildman–Crippen MR) is 106 cm³/mol. The lowest BCUT2D eigenvalue weighted by Crippen LogP contribution is -2.37. The average Bonchev–Trinajstić information content (AvgIpc) is 2.74. The number of ether oxygens (including phenoxy) is 4. The van der Waals surface area contributed by atoms with E-state index in [-0.39, 0.29) is 5.56 Å². The fraction of sp³-hybridized carbons (Fsp3) is 0.350. The molecule has 0 atom stereocenters. The van der Waals surface area contributed by atoms with Crippen LogP contribution in [0.25, 0.3) is 0 Å². The Labute approximate surface area is 169 Å². The third-order valence-electron chi connectivity index (χ3n) is 3.73. The first-order valence-corrected chi connectivity index (χ1v) is 8.65. The highest BCUT2D eigenvalue weighted by Gasteiger charge is 2.18. The minimum absolute atomic E-state index is 0.200. The molecule has 0 aliphatic carbocycles. The lowest BCUT2D eigenvalue weighted by atomic mass is 10.1. The van der Waals surface area contributed by atoms with Crippen LogP contribution < -0.4 is 19.5 Å². The second-order valence-corrected chi connectivity index (χ2v) is 5.63. The number of hydrogen-bond acceptors (Lipinski definition) is 7. The molecule has 0 spiro atoms. The molecule has 0 aliphatic heterocycles. The van der Waals surface area contributed by atoms with Crippen molar-refractivity contribution in [3.8, 4) is 17.2 Å². The van der Waals surface area contributed by atoms with Crippen LogP contribution in [0.2, 0.25) is 0 Å². The Morgan fingerprint density at radius 2 is 1.55 bits per heavy atom. The van der Waals surface area contributed by atoms with E-state index in [1.54, 1.807) is 12.2 Å². The van der Waals surface area contributed by atoms with Gasteiger partial charge < -0.3 is 29.2 Å². The van der Waals surface area contributed by atoms with Gasteiger partial charge in [-0.1, -0.05) is 12.2 Å². The Balaban J connectivity index is 2.66. The maximum absolute atomic E-state index is 12.3. The van der Waals surface area contributed by atoms with Gasteiger partial charge in [-0.05, 0) is 12.1 Å². The highest BCUT2D eigenvalue weighted by atomic mass is 16.5. The molecule has 158 valence electrons. The number of nitrogens with one attached hydrogen (secondary N) is 1. The quantitative estimate of drug-likeness (QED) is 0.411. The molecule has 29 heavy (non-hydrogen) atoms. The van der Waals surface area contributed by atoms with E-state index in [9.17, 15) is 14.4 Å². The third kappa shape index (κ3) is 6.87. The van der Waals surface area contributed by atoms with Gasteiger partial charge in [0.05, 0.1) is 21.3 Å². The molecule has 1 N–H and O–H groups in total. The van der Waals surface area contributed by atoms with Crippen molar-refractivity contribution in [1.82, 2.24) is 10.2 Å². The lowest BCUT2D eigenvalue weighted by molar-refractivity contribution is -0.150. The molecule has 1 aromatic carbocycles. The molecule has 9 nitrogen and oxygen atoms in total. The number of benzene rings is 1. The van der Waals surface area contributed by atoms with Gasteiger partial charge in [0.1, 0.15) is 6.54 Å². The summed E-state index contributed by atoms with van der Waals surface area (Å²) in [5.41, 5.74) is 0.200. The van der Waals surface area contributed by atoms with E-state index < -0.39 is 30.9 Å². The van der Waals surface area contributed by atoms with Crippen molar-refractivity contribution in [3.63, 3.8) is 0 Å².